The Hall–Kier alpha value is -2.24. The molecule has 2 aliphatic rings. The molecule has 1 aromatic carbocycles. The lowest BCUT2D eigenvalue weighted by Crippen LogP contribution is -2.46. The van der Waals surface area contributed by atoms with Crippen molar-refractivity contribution in [3.8, 4) is 5.75 Å². The van der Waals surface area contributed by atoms with Gasteiger partial charge >= 0.3 is 6.09 Å². The molecule has 0 bridgehead atoms. The van der Waals surface area contributed by atoms with Gasteiger partial charge in [-0.2, -0.15) is 0 Å². The maximum Gasteiger partial charge on any atom is 0.412 e. The highest BCUT2D eigenvalue weighted by atomic mass is 16.5. The summed E-state index contributed by atoms with van der Waals surface area (Å²) in [7, 11) is 5.34. The molecule has 21 heavy (non-hydrogen) atoms. The molecule has 2 aliphatic heterocycles. The van der Waals surface area contributed by atoms with Crippen LogP contribution in [-0.2, 0) is 10.2 Å². The molecule has 2 heterocycles. The lowest BCUT2D eigenvalue weighted by Gasteiger charge is -2.32. The van der Waals surface area contributed by atoms with E-state index in [1.807, 2.05) is 26.2 Å². The van der Waals surface area contributed by atoms with Gasteiger partial charge in [0.25, 0.3) is 0 Å². The van der Waals surface area contributed by atoms with Crippen molar-refractivity contribution in [3.63, 3.8) is 0 Å². The van der Waals surface area contributed by atoms with Crippen LogP contribution in [0.2, 0.25) is 0 Å². The first-order chi connectivity index (χ1) is 9.88. The van der Waals surface area contributed by atoms with Gasteiger partial charge in [-0.3, -0.25) is 4.79 Å². The number of fused-ring (bicyclic) bond motifs is 3. The number of amides is 2. The molecule has 2 atom stereocenters. The molecule has 2 amide bonds. The van der Waals surface area contributed by atoms with E-state index < -0.39 is 6.09 Å². The van der Waals surface area contributed by atoms with Crippen LogP contribution in [0.3, 0.4) is 0 Å². The van der Waals surface area contributed by atoms with Gasteiger partial charge in [0.1, 0.15) is 11.9 Å². The van der Waals surface area contributed by atoms with E-state index >= 15 is 0 Å². The van der Waals surface area contributed by atoms with Crippen LogP contribution in [0, 0.1) is 0 Å². The molecule has 0 spiro atoms. The van der Waals surface area contributed by atoms with E-state index in [1.54, 1.807) is 11.0 Å². The van der Waals surface area contributed by atoms with Gasteiger partial charge in [-0.25, -0.2) is 4.79 Å². The van der Waals surface area contributed by atoms with Crippen LogP contribution in [0.1, 0.15) is 18.9 Å². The Morgan fingerprint density at radius 1 is 1.38 bits per heavy atom. The number of benzene rings is 1. The van der Waals surface area contributed by atoms with Gasteiger partial charge in [-0.15, -0.1) is 0 Å². The second-order valence-corrected chi connectivity index (χ2v) is 5.90. The summed E-state index contributed by atoms with van der Waals surface area (Å²) < 4.78 is 5.20. The van der Waals surface area contributed by atoms with Crippen molar-refractivity contribution in [2.75, 3.05) is 26.0 Å². The van der Waals surface area contributed by atoms with E-state index in [4.69, 9.17) is 4.74 Å². The fraction of sp³-hybridized carbons (Fsp3) is 0.467. The zero-order chi connectivity index (χ0) is 15.4. The molecule has 3 rings (SSSR count). The van der Waals surface area contributed by atoms with Gasteiger partial charge in [0, 0.05) is 38.7 Å². The van der Waals surface area contributed by atoms with E-state index in [1.165, 1.54) is 7.05 Å². The summed E-state index contributed by atoms with van der Waals surface area (Å²) >= 11 is 0. The lowest BCUT2D eigenvalue weighted by atomic mass is 9.81. The van der Waals surface area contributed by atoms with Gasteiger partial charge in [0.05, 0.1) is 0 Å². The predicted octanol–water partition coefficient (Wildman–Crippen LogP) is 1.30. The summed E-state index contributed by atoms with van der Waals surface area (Å²) in [5.74, 6) is 0.628. The second-order valence-electron chi connectivity index (χ2n) is 5.90. The fourth-order valence-corrected chi connectivity index (χ4v) is 3.65. The third kappa shape index (κ3) is 1.78. The van der Waals surface area contributed by atoms with E-state index in [2.05, 4.69) is 17.1 Å². The molecule has 1 fully saturated rings. The summed E-state index contributed by atoms with van der Waals surface area (Å²) in [6.45, 7) is 2.09. The molecule has 0 saturated carbocycles. The number of rotatable bonds is 1. The van der Waals surface area contributed by atoms with Gasteiger partial charge in [-0.05, 0) is 23.8 Å². The first-order valence-electron chi connectivity index (χ1n) is 6.91. The molecule has 1 N–H and O–H groups in total. The number of nitrogens with zero attached hydrogens (tertiary/aromatic N) is 2. The van der Waals surface area contributed by atoms with Crippen LogP contribution in [0.4, 0.5) is 10.5 Å². The highest BCUT2D eigenvalue weighted by molar-refractivity contribution is 5.85. The maximum atomic E-state index is 12.1. The second kappa shape index (κ2) is 4.38. The van der Waals surface area contributed by atoms with Gasteiger partial charge in [-0.1, -0.05) is 6.92 Å². The van der Waals surface area contributed by atoms with Crippen molar-refractivity contribution in [2.45, 2.75) is 24.9 Å². The summed E-state index contributed by atoms with van der Waals surface area (Å²) in [6.07, 6.45) is -0.0209. The summed E-state index contributed by atoms with van der Waals surface area (Å²) in [6, 6.07) is 5.58. The fourth-order valence-electron chi connectivity index (χ4n) is 3.65. The van der Waals surface area contributed by atoms with E-state index in [9.17, 15) is 9.59 Å². The quantitative estimate of drug-likeness (QED) is 0.846. The molecular weight excluding hydrogens is 270 g/mol. The first-order valence-corrected chi connectivity index (χ1v) is 6.91. The number of hydrogen-bond donors (Lipinski definition) is 1. The summed E-state index contributed by atoms with van der Waals surface area (Å²) in [5, 5.41) is 2.43. The number of hydrogen-bond acceptors (Lipinski definition) is 4. The van der Waals surface area contributed by atoms with Crippen LogP contribution in [0.25, 0.3) is 0 Å². The zero-order valence-electron chi connectivity index (χ0n) is 12.6. The molecule has 1 aromatic rings. The Kier molecular flexibility index (Phi) is 2.86. The van der Waals surface area contributed by atoms with Crippen LogP contribution in [0.5, 0.6) is 5.75 Å². The third-order valence-electron chi connectivity index (χ3n) is 4.59. The maximum absolute atomic E-state index is 12.1. The molecule has 0 aliphatic carbocycles. The number of likely N-dealkylation sites (N-methyl/N-ethyl adjacent to an activating group) is 2. The Balaban J connectivity index is 2.04. The smallest absolute Gasteiger partial charge is 0.410 e. The Morgan fingerprint density at radius 2 is 2.10 bits per heavy atom. The molecule has 1 saturated heterocycles. The minimum absolute atomic E-state index is 0.00949. The molecule has 112 valence electrons. The van der Waals surface area contributed by atoms with Crippen molar-refractivity contribution in [2.24, 2.45) is 0 Å². The number of nitrogens with one attached hydrogen (secondary N) is 1. The Morgan fingerprint density at radius 3 is 2.76 bits per heavy atom. The Labute approximate surface area is 123 Å². The molecular formula is C15H19N3O3. The van der Waals surface area contributed by atoms with Crippen molar-refractivity contribution >= 4 is 17.7 Å². The number of anilines is 1. The van der Waals surface area contributed by atoms with Crippen LogP contribution < -0.4 is 15.0 Å². The largest absolute Gasteiger partial charge is 0.412 e. The minimum Gasteiger partial charge on any atom is -0.410 e. The summed E-state index contributed by atoms with van der Waals surface area (Å²) in [4.78, 5) is 27.3. The highest BCUT2D eigenvalue weighted by Gasteiger charge is 2.55. The topological polar surface area (TPSA) is 61.9 Å². The average molecular weight is 289 g/mol. The standard InChI is InChI=1S/C15H19N3O3/c1-15-8-12(19)18(4)13(15)17(3)11-6-5-9(7-10(11)15)21-14(20)16-2/h5-7,13H,8H2,1-4H3,(H,16,20)/t13-,15-/m0/s1. The average Bonchev–Trinajstić information content (AvgIpc) is 2.80. The van der Waals surface area contributed by atoms with Crippen LogP contribution in [0.15, 0.2) is 18.2 Å². The number of ether oxygens (including phenoxy) is 1. The predicted molar refractivity (Wildman–Crippen MR) is 78.5 cm³/mol. The number of likely N-dealkylation sites (tertiary alicyclic amines) is 1. The lowest BCUT2D eigenvalue weighted by molar-refractivity contribution is -0.127. The van der Waals surface area contributed by atoms with E-state index in [0.29, 0.717) is 12.2 Å². The van der Waals surface area contributed by atoms with Crippen molar-refractivity contribution in [1.82, 2.24) is 10.2 Å². The molecule has 6 heteroatoms. The van der Waals surface area contributed by atoms with Gasteiger partial charge in [0.2, 0.25) is 5.91 Å². The van der Waals surface area contributed by atoms with Gasteiger partial charge in [0.15, 0.2) is 0 Å². The highest BCUT2D eigenvalue weighted by Crippen LogP contribution is 2.52. The molecule has 0 aromatic heterocycles. The number of carbonyl (C=O) groups is 2. The first kappa shape index (κ1) is 13.7. The Bertz CT molecular complexity index is 631. The normalized spacial score (nSPS) is 26.7. The third-order valence-corrected chi connectivity index (χ3v) is 4.59. The van der Waals surface area contributed by atoms with E-state index in [0.717, 1.165) is 11.3 Å². The van der Waals surface area contributed by atoms with Crippen LogP contribution in [-0.4, -0.2) is 44.2 Å². The van der Waals surface area contributed by atoms with Crippen LogP contribution >= 0.6 is 0 Å². The van der Waals surface area contributed by atoms with Crippen molar-refractivity contribution in [3.05, 3.63) is 23.8 Å². The minimum atomic E-state index is -0.498. The SMILES string of the molecule is CNC(=O)Oc1ccc2c(c1)[C@]1(C)CC(=O)N(C)[C@@H]1N2C. The molecule has 6 nitrogen and oxygen atoms in total. The molecule has 0 unspecified atom stereocenters. The van der Waals surface area contributed by atoms with E-state index in [-0.39, 0.29) is 17.5 Å². The monoisotopic (exact) mass is 289 g/mol. The zero-order valence-corrected chi connectivity index (χ0v) is 12.6. The van der Waals surface area contributed by atoms with Crippen molar-refractivity contribution < 1.29 is 14.3 Å². The molecule has 0 radical (unpaired) electrons. The van der Waals surface area contributed by atoms with Gasteiger partial charge < -0.3 is 19.9 Å². The summed E-state index contributed by atoms with van der Waals surface area (Å²) in [5.41, 5.74) is 1.85. The van der Waals surface area contributed by atoms with Crippen molar-refractivity contribution in [1.29, 1.82) is 0 Å². The number of carbonyl (C=O) groups excluding carboxylic acids is 2.